The third kappa shape index (κ3) is 33.6. The molecule has 0 spiro atoms. The number of nitrogens with zero attached hydrogens (tertiary/aromatic N) is 1. The Hall–Kier alpha value is -0.360. The van der Waals surface area contributed by atoms with Crippen LogP contribution in [0.3, 0.4) is 0 Å². The zero-order valence-electron chi connectivity index (χ0n) is 24.1. The predicted octanol–water partition coefficient (Wildman–Crippen LogP) is 4.25. The van der Waals surface area contributed by atoms with Gasteiger partial charge in [0, 0.05) is 13.6 Å². The van der Waals surface area contributed by atoms with Crippen LogP contribution in [0, 0.1) is 0 Å². The lowest BCUT2D eigenvalue weighted by Gasteiger charge is -2.16. The molecule has 37 heavy (non-hydrogen) atoms. The first kappa shape index (κ1) is 36.6. The maximum absolute atomic E-state index is 8.57. The van der Waals surface area contributed by atoms with Crippen LogP contribution in [0.5, 0.6) is 0 Å². The van der Waals surface area contributed by atoms with Crippen LogP contribution in [0.25, 0.3) is 0 Å². The average Bonchev–Trinajstić information content (AvgIpc) is 2.90. The summed E-state index contributed by atoms with van der Waals surface area (Å²) < 4.78 is 32.4. The second-order valence-corrected chi connectivity index (χ2v) is 9.12. The maximum atomic E-state index is 8.57. The highest BCUT2D eigenvalue weighted by Crippen LogP contribution is 2.11. The molecule has 0 saturated carbocycles. The molecule has 0 rings (SSSR count). The highest BCUT2D eigenvalue weighted by Gasteiger charge is 2.00. The summed E-state index contributed by atoms with van der Waals surface area (Å²) >= 11 is 0. The Kier molecular flexibility index (Phi) is 33.3. The van der Waals surface area contributed by atoms with Gasteiger partial charge in [0.15, 0.2) is 0 Å². The monoisotopic (exact) mass is 537 g/mol. The lowest BCUT2D eigenvalue weighted by molar-refractivity contribution is -0.149. The van der Waals surface area contributed by atoms with Gasteiger partial charge in [0.2, 0.25) is 0 Å². The molecule has 0 aliphatic heterocycles. The normalized spacial score (nSPS) is 11.7. The molecule has 1 N–H and O–H groups in total. The van der Waals surface area contributed by atoms with E-state index in [1.807, 2.05) is 12.1 Å². The Bertz CT molecular complexity index is 406. The van der Waals surface area contributed by atoms with Gasteiger partial charge in [0.25, 0.3) is 0 Å². The van der Waals surface area contributed by atoms with Crippen LogP contribution in [-0.2, 0) is 33.3 Å². The Morgan fingerprint density at radius 2 is 0.784 bits per heavy atom. The summed E-state index contributed by atoms with van der Waals surface area (Å²) in [5.41, 5.74) is 0. The first-order valence-electron chi connectivity index (χ1n) is 14.7. The quantitative estimate of drug-likeness (QED) is 0.0975. The van der Waals surface area contributed by atoms with Crippen molar-refractivity contribution in [2.24, 2.45) is 0 Å². The summed E-state index contributed by atoms with van der Waals surface area (Å²) in [4.78, 5) is 5.74. The van der Waals surface area contributed by atoms with E-state index in [4.69, 9.17) is 38.4 Å². The molecule has 9 heteroatoms. The Labute approximate surface area is 227 Å². The van der Waals surface area contributed by atoms with Gasteiger partial charge < -0.3 is 33.5 Å². The number of hydroxylamine groups is 2. The molecule has 0 aromatic carbocycles. The number of rotatable bonds is 33. The first-order chi connectivity index (χ1) is 18.3. The van der Waals surface area contributed by atoms with Crippen LogP contribution in [0.1, 0.15) is 77.6 Å². The fourth-order valence-electron chi connectivity index (χ4n) is 3.51. The van der Waals surface area contributed by atoms with Gasteiger partial charge in [-0.3, -0.25) is 4.84 Å². The molecule has 0 radical (unpaired) electrons. The lowest BCUT2D eigenvalue weighted by Crippen LogP contribution is -2.24. The zero-order chi connectivity index (χ0) is 26.9. The summed E-state index contributed by atoms with van der Waals surface area (Å²) in [6.07, 6.45) is 14.8. The number of likely N-dealkylation sites (N-methyl/N-ethyl adjacent to an activating group) is 1. The van der Waals surface area contributed by atoms with Crippen LogP contribution >= 0.6 is 0 Å². The van der Waals surface area contributed by atoms with Crippen molar-refractivity contribution in [3.63, 3.8) is 0 Å². The Balaban J connectivity index is 3.12. The van der Waals surface area contributed by atoms with Crippen molar-refractivity contribution in [3.05, 3.63) is 0 Å². The summed E-state index contributed by atoms with van der Waals surface area (Å²) in [6, 6.07) is 0. The Morgan fingerprint density at radius 1 is 0.432 bits per heavy atom. The minimum Gasteiger partial charge on any atom is -0.394 e. The van der Waals surface area contributed by atoms with E-state index in [0.29, 0.717) is 79.3 Å². The maximum Gasteiger partial charge on any atom is 0.0701 e. The van der Waals surface area contributed by atoms with E-state index in [-0.39, 0.29) is 6.61 Å². The van der Waals surface area contributed by atoms with Gasteiger partial charge in [-0.25, -0.2) is 0 Å². The van der Waals surface area contributed by atoms with E-state index in [1.165, 1.54) is 64.2 Å². The van der Waals surface area contributed by atoms with Crippen molar-refractivity contribution in [1.29, 1.82) is 0 Å². The van der Waals surface area contributed by atoms with Crippen LogP contribution in [0.2, 0.25) is 0 Å². The van der Waals surface area contributed by atoms with Gasteiger partial charge in [-0.2, -0.15) is 5.06 Å². The van der Waals surface area contributed by atoms with Gasteiger partial charge in [0.05, 0.1) is 92.5 Å². The molecular weight excluding hydrogens is 478 g/mol. The van der Waals surface area contributed by atoms with Crippen molar-refractivity contribution in [3.8, 4) is 0 Å². The van der Waals surface area contributed by atoms with Gasteiger partial charge >= 0.3 is 0 Å². The first-order valence-corrected chi connectivity index (χ1v) is 14.7. The summed E-state index contributed by atoms with van der Waals surface area (Å²) in [5.74, 6) is 0. The molecule has 0 saturated heterocycles. The molecule has 0 aliphatic carbocycles. The standard InChI is InChI=1S/C28H59NO8/c1-3-4-5-6-7-8-9-10-11-12-13-16-37-29(2)14-17-31-19-21-33-23-25-35-27-28-36-26-24-34-22-20-32-18-15-30/h30H,3-28H2,1-2H3. The van der Waals surface area contributed by atoms with Crippen molar-refractivity contribution < 1.29 is 38.4 Å². The molecule has 0 aromatic rings. The van der Waals surface area contributed by atoms with E-state index in [1.54, 1.807) is 0 Å². The minimum absolute atomic E-state index is 0.0369. The highest BCUT2D eigenvalue weighted by molar-refractivity contribution is 4.48. The Morgan fingerprint density at radius 3 is 1.19 bits per heavy atom. The van der Waals surface area contributed by atoms with Crippen LogP contribution in [0.15, 0.2) is 0 Å². The lowest BCUT2D eigenvalue weighted by atomic mass is 10.1. The van der Waals surface area contributed by atoms with Crippen molar-refractivity contribution in [2.75, 3.05) is 106 Å². The molecule has 0 aliphatic rings. The van der Waals surface area contributed by atoms with E-state index >= 15 is 0 Å². The van der Waals surface area contributed by atoms with Crippen molar-refractivity contribution >= 4 is 0 Å². The molecular formula is C28H59NO8. The molecule has 0 bridgehead atoms. The molecule has 0 unspecified atom stereocenters. The fraction of sp³-hybridized carbons (Fsp3) is 1.00. The summed E-state index contributed by atoms with van der Waals surface area (Å²) in [7, 11) is 1.96. The molecule has 0 amide bonds. The minimum atomic E-state index is 0.0369. The average molecular weight is 538 g/mol. The molecule has 0 heterocycles. The van der Waals surface area contributed by atoms with E-state index in [9.17, 15) is 0 Å². The van der Waals surface area contributed by atoms with E-state index < -0.39 is 0 Å². The third-order valence-corrected chi connectivity index (χ3v) is 5.71. The van der Waals surface area contributed by atoms with Crippen molar-refractivity contribution in [2.45, 2.75) is 77.6 Å². The zero-order valence-corrected chi connectivity index (χ0v) is 24.1. The highest BCUT2D eigenvalue weighted by atomic mass is 16.7. The SMILES string of the molecule is CCCCCCCCCCCCCON(C)CCOCCOCCOCCOCCOCCOCCO. The van der Waals surface area contributed by atoms with Gasteiger partial charge in [-0.15, -0.1) is 0 Å². The second kappa shape index (κ2) is 33.7. The molecule has 0 fully saturated rings. The molecule has 224 valence electrons. The van der Waals surface area contributed by atoms with Crippen LogP contribution in [0.4, 0.5) is 0 Å². The number of hydrogen-bond acceptors (Lipinski definition) is 9. The van der Waals surface area contributed by atoms with Gasteiger partial charge in [-0.1, -0.05) is 71.1 Å². The fourth-order valence-corrected chi connectivity index (χ4v) is 3.51. The topological polar surface area (TPSA) is 88.1 Å². The van der Waals surface area contributed by atoms with Crippen LogP contribution < -0.4 is 0 Å². The number of hydrogen-bond donors (Lipinski definition) is 1. The van der Waals surface area contributed by atoms with Crippen LogP contribution in [-0.4, -0.2) is 116 Å². The molecule has 0 aromatic heterocycles. The summed E-state index contributed by atoms with van der Waals surface area (Å²) in [5, 5.41) is 10.4. The van der Waals surface area contributed by atoms with Gasteiger partial charge in [-0.05, 0) is 6.42 Å². The molecule has 0 atom stereocenters. The number of aliphatic hydroxyl groups excluding tert-OH is 1. The predicted molar refractivity (Wildman–Crippen MR) is 147 cm³/mol. The largest absolute Gasteiger partial charge is 0.394 e. The number of ether oxygens (including phenoxy) is 6. The van der Waals surface area contributed by atoms with E-state index in [0.717, 1.165) is 19.6 Å². The third-order valence-electron chi connectivity index (χ3n) is 5.71. The van der Waals surface area contributed by atoms with Gasteiger partial charge in [0.1, 0.15) is 0 Å². The number of aliphatic hydroxyl groups is 1. The van der Waals surface area contributed by atoms with E-state index in [2.05, 4.69) is 6.92 Å². The van der Waals surface area contributed by atoms with Crippen molar-refractivity contribution in [1.82, 2.24) is 5.06 Å². The number of unbranched alkanes of at least 4 members (excludes halogenated alkanes) is 10. The molecule has 9 nitrogen and oxygen atoms in total. The second-order valence-electron chi connectivity index (χ2n) is 9.12. The smallest absolute Gasteiger partial charge is 0.0701 e. The summed E-state index contributed by atoms with van der Waals surface area (Å²) in [6.45, 7) is 10.1.